The minimum absolute atomic E-state index is 0.0956. The Bertz CT molecular complexity index is 1350. The molecule has 0 aromatic carbocycles. The molecule has 0 aromatic heterocycles. The lowest BCUT2D eigenvalue weighted by molar-refractivity contribution is -0.343. The second-order valence-corrected chi connectivity index (χ2v) is 14.4. The highest BCUT2D eigenvalue weighted by molar-refractivity contribution is 5.90. The SMILES string of the molecule is COC(=O)C1=COC(OC2OC(CO)C(O)C(O)C2O)C2C1CC(OC(=O)C1=COC(OC3OC(CO)C(O)C(O)C3O)C3C1CC(O)C3C)C2C. The van der Waals surface area contributed by atoms with Crippen molar-refractivity contribution in [2.45, 2.75) is 113 Å². The lowest BCUT2D eigenvalue weighted by Crippen LogP contribution is -2.60. The third-order valence-electron chi connectivity index (χ3n) is 11.6. The lowest BCUT2D eigenvalue weighted by atomic mass is 9.83. The number of hydrogen-bond donors (Lipinski definition) is 9. The van der Waals surface area contributed by atoms with Gasteiger partial charge in [-0.15, -0.1) is 0 Å². The van der Waals surface area contributed by atoms with Crippen LogP contribution in [0.15, 0.2) is 23.7 Å². The minimum Gasteiger partial charge on any atom is -0.472 e. The van der Waals surface area contributed by atoms with Crippen molar-refractivity contribution in [3.05, 3.63) is 23.7 Å². The molecule has 4 heterocycles. The molecule has 19 heteroatoms. The molecule has 4 fully saturated rings. The number of ether oxygens (including phenoxy) is 8. The van der Waals surface area contributed by atoms with Crippen LogP contribution in [0, 0.1) is 35.5 Å². The monoisotopic (exact) mass is 748 g/mol. The maximum Gasteiger partial charge on any atom is 0.337 e. The summed E-state index contributed by atoms with van der Waals surface area (Å²) in [5.41, 5.74) is 0.242. The van der Waals surface area contributed by atoms with Gasteiger partial charge in [0.25, 0.3) is 0 Å². The van der Waals surface area contributed by atoms with Crippen LogP contribution in [-0.2, 0) is 47.5 Å². The van der Waals surface area contributed by atoms with Crippen LogP contribution >= 0.6 is 0 Å². The van der Waals surface area contributed by atoms with E-state index in [2.05, 4.69) is 0 Å². The average molecular weight is 749 g/mol. The van der Waals surface area contributed by atoms with Gasteiger partial charge >= 0.3 is 11.9 Å². The number of carbonyl (C=O) groups excluding carboxylic acids is 2. The van der Waals surface area contributed by atoms with Gasteiger partial charge in [-0.25, -0.2) is 9.59 Å². The summed E-state index contributed by atoms with van der Waals surface area (Å²) in [4.78, 5) is 26.6. The third-order valence-corrected chi connectivity index (χ3v) is 11.6. The van der Waals surface area contributed by atoms with E-state index >= 15 is 0 Å². The molecule has 4 aliphatic heterocycles. The van der Waals surface area contributed by atoms with Crippen LogP contribution in [0.1, 0.15) is 26.7 Å². The maximum atomic E-state index is 13.9. The fourth-order valence-electron chi connectivity index (χ4n) is 8.42. The van der Waals surface area contributed by atoms with Crippen molar-refractivity contribution >= 4 is 11.9 Å². The summed E-state index contributed by atoms with van der Waals surface area (Å²) in [6, 6.07) is 0. The van der Waals surface area contributed by atoms with Gasteiger partial charge in [0.15, 0.2) is 12.6 Å². The van der Waals surface area contributed by atoms with Crippen LogP contribution in [0.25, 0.3) is 0 Å². The van der Waals surface area contributed by atoms with E-state index in [0.717, 1.165) is 12.5 Å². The molecule has 2 saturated heterocycles. The molecule has 20 atom stereocenters. The second kappa shape index (κ2) is 15.7. The molecule has 9 N–H and O–H groups in total. The summed E-state index contributed by atoms with van der Waals surface area (Å²) in [5, 5.41) is 91.9. The fourth-order valence-corrected chi connectivity index (χ4v) is 8.42. The van der Waals surface area contributed by atoms with Crippen molar-refractivity contribution in [3.8, 4) is 0 Å². The molecule has 0 bridgehead atoms. The predicted molar refractivity (Wildman–Crippen MR) is 165 cm³/mol. The predicted octanol–water partition coefficient (Wildman–Crippen LogP) is -3.91. The lowest BCUT2D eigenvalue weighted by Gasteiger charge is -2.43. The van der Waals surface area contributed by atoms with Gasteiger partial charge in [0.2, 0.25) is 12.6 Å². The summed E-state index contributed by atoms with van der Waals surface area (Å²) < 4.78 is 45.4. The smallest absolute Gasteiger partial charge is 0.337 e. The van der Waals surface area contributed by atoms with Crippen LogP contribution < -0.4 is 0 Å². The Balaban J connectivity index is 1.18. The first-order chi connectivity index (χ1) is 24.7. The van der Waals surface area contributed by atoms with E-state index < -0.39 is 147 Å². The van der Waals surface area contributed by atoms with Crippen molar-refractivity contribution in [3.63, 3.8) is 0 Å². The molecule has 6 aliphatic rings. The van der Waals surface area contributed by atoms with Crippen molar-refractivity contribution in [2.75, 3.05) is 20.3 Å². The first kappa shape index (κ1) is 39.2. The van der Waals surface area contributed by atoms with E-state index in [9.17, 15) is 55.5 Å². The van der Waals surface area contributed by atoms with Crippen LogP contribution in [-0.4, -0.2) is 164 Å². The molecule has 0 radical (unpaired) electrons. The number of methoxy groups -OCH3 is 1. The van der Waals surface area contributed by atoms with Crippen molar-refractivity contribution in [2.24, 2.45) is 35.5 Å². The molecular weight excluding hydrogens is 700 g/mol. The topological polar surface area (TPSA) is 290 Å². The maximum absolute atomic E-state index is 13.9. The van der Waals surface area contributed by atoms with Gasteiger partial charge < -0.3 is 83.9 Å². The highest BCUT2D eigenvalue weighted by atomic mass is 16.8. The summed E-state index contributed by atoms with van der Waals surface area (Å²) >= 11 is 0. The van der Waals surface area contributed by atoms with E-state index in [4.69, 9.17) is 37.9 Å². The number of rotatable bonds is 9. The molecule has 6 rings (SSSR count). The van der Waals surface area contributed by atoms with Gasteiger partial charge in [0, 0.05) is 29.6 Å². The van der Waals surface area contributed by atoms with E-state index in [1.165, 1.54) is 7.11 Å². The van der Waals surface area contributed by atoms with Crippen LogP contribution in [0.5, 0.6) is 0 Å². The summed E-state index contributed by atoms with van der Waals surface area (Å²) in [6.45, 7) is 2.13. The van der Waals surface area contributed by atoms with E-state index in [-0.39, 0.29) is 24.0 Å². The second-order valence-electron chi connectivity index (χ2n) is 14.4. The molecule has 0 aromatic rings. The molecule has 0 amide bonds. The number of aliphatic hydroxyl groups is 9. The first-order valence-electron chi connectivity index (χ1n) is 17.3. The number of carbonyl (C=O) groups is 2. The summed E-state index contributed by atoms with van der Waals surface area (Å²) in [6.07, 6.45) is -17.1. The van der Waals surface area contributed by atoms with E-state index in [1.807, 2.05) is 0 Å². The zero-order chi connectivity index (χ0) is 37.8. The normalized spacial score (nSPS) is 48.7. The first-order valence-corrected chi connectivity index (χ1v) is 17.3. The Labute approximate surface area is 297 Å². The highest BCUT2D eigenvalue weighted by Gasteiger charge is 2.57. The Morgan fingerprint density at radius 2 is 1.12 bits per heavy atom. The molecule has 2 aliphatic carbocycles. The van der Waals surface area contributed by atoms with Gasteiger partial charge in [0.05, 0.1) is 50.1 Å². The Morgan fingerprint density at radius 3 is 1.60 bits per heavy atom. The molecule has 294 valence electrons. The fraction of sp³-hybridized carbons (Fsp3) is 0.818. The minimum atomic E-state index is -1.72. The van der Waals surface area contributed by atoms with Gasteiger partial charge in [-0.05, 0) is 18.8 Å². The number of hydrogen-bond acceptors (Lipinski definition) is 19. The molecule has 52 heavy (non-hydrogen) atoms. The van der Waals surface area contributed by atoms with Gasteiger partial charge in [0.1, 0.15) is 54.9 Å². The summed E-state index contributed by atoms with van der Waals surface area (Å²) in [5.74, 6) is -5.09. The van der Waals surface area contributed by atoms with Crippen LogP contribution in [0.2, 0.25) is 0 Å². The largest absolute Gasteiger partial charge is 0.472 e. The number of fused-ring (bicyclic) bond motifs is 2. The Morgan fingerprint density at radius 1 is 0.654 bits per heavy atom. The van der Waals surface area contributed by atoms with Gasteiger partial charge in [-0.3, -0.25) is 0 Å². The third kappa shape index (κ3) is 6.96. The Hall–Kier alpha value is -2.50. The van der Waals surface area contributed by atoms with Gasteiger partial charge in [-0.2, -0.15) is 0 Å². The molecule has 19 nitrogen and oxygen atoms in total. The zero-order valence-electron chi connectivity index (χ0n) is 28.6. The Kier molecular flexibility index (Phi) is 11.8. The van der Waals surface area contributed by atoms with Crippen LogP contribution in [0.3, 0.4) is 0 Å². The van der Waals surface area contributed by atoms with Crippen molar-refractivity contribution in [1.29, 1.82) is 0 Å². The van der Waals surface area contributed by atoms with Gasteiger partial charge in [-0.1, -0.05) is 13.8 Å². The number of aliphatic hydroxyl groups excluding tert-OH is 9. The van der Waals surface area contributed by atoms with Crippen molar-refractivity contribution in [1.82, 2.24) is 0 Å². The molecule has 20 unspecified atom stereocenters. The van der Waals surface area contributed by atoms with E-state index in [1.54, 1.807) is 13.8 Å². The number of esters is 2. The molecule has 0 spiro atoms. The van der Waals surface area contributed by atoms with Crippen molar-refractivity contribution < 1.29 is 93.4 Å². The van der Waals surface area contributed by atoms with Crippen LogP contribution in [0.4, 0.5) is 0 Å². The molecule has 2 saturated carbocycles. The molecular formula is C33H48O19. The summed E-state index contributed by atoms with van der Waals surface area (Å²) in [7, 11) is 1.20. The highest BCUT2D eigenvalue weighted by Crippen LogP contribution is 2.51. The quantitative estimate of drug-likeness (QED) is 0.102. The standard InChI is InChI=1S/C33H48O19/c1-10-16(36)4-12-15(9-47-30(20(10)12)51-32-26(41)24(39)22(37)18(6-34)49-32)29(44)48-17-5-13-14(28(43)45-3)8-46-31(21(13)11(17)2)52-33-27(42)25(40)23(38)19(7-35)50-33/h8-13,16-27,30-42H,4-7H2,1-3H3. The zero-order valence-corrected chi connectivity index (χ0v) is 28.6. The van der Waals surface area contributed by atoms with E-state index in [0.29, 0.717) is 0 Å². The average Bonchev–Trinajstić information content (AvgIpc) is 3.62.